The molecule has 0 spiro atoms. The van der Waals surface area contributed by atoms with Crippen molar-refractivity contribution in [3.8, 4) is 11.3 Å². The van der Waals surface area contributed by atoms with Gasteiger partial charge in [0.1, 0.15) is 0 Å². The minimum absolute atomic E-state index is 0.0694. The van der Waals surface area contributed by atoms with Crippen molar-refractivity contribution in [2.24, 2.45) is 0 Å². The number of hydrogen-bond donors (Lipinski definition) is 1. The molecule has 3 aromatic rings. The van der Waals surface area contributed by atoms with E-state index in [1.165, 1.54) is 12.8 Å². The third-order valence-corrected chi connectivity index (χ3v) is 5.19. The van der Waals surface area contributed by atoms with Gasteiger partial charge in [0, 0.05) is 34.5 Å². The Kier molecular flexibility index (Phi) is 6.48. The number of halogens is 2. The van der Waals surface area contributed by atoms with E-state index in [0.717, 1.165) is 44.4 Å². The van der Waals surface area contributed by atoms with Gasteiger partial charge >= 0.3 is 0 Å². The first-order valence-electron chi connectivity index (χ1n) is 8.81. The maximum Gasteiger partial charge on any atom is 0.224 e. The Morgan fingerprint density at radius 2 is 2.00 bits per heavy atom. The summed E-state index contributed by atoms with van der Waals surface area (Å²) >= 11 is 7.04. The number of nitrogens with one attached hydrogen (secondary N) is 1. The molecule has 0 aliphatic rings. The summed E-state index contributed by atoms with van der Waals surface area (Å²) in [5.74, 6) is 0.0694. The van der Waals surface area contributed by atoms with Crippen LogP contribution in [0.4, 0.5) is 5.69 Å². The highest BCUT2D eigenvalue weighted by molar-refractivity contribution is 9.11. The van der Waals surface area contributed by atoms with Gasteiger partial charge in [-0.15, -0.1) is 0 Å². The van der Waals surface area contributed by atoms with Crippen LogP contribution in [0.3, 0.4) is 0 Å². The summed E-state index contributed by atoms with van der Waals surface area (Å²) in [6, 6.07) is 9.80. The predicted molar refractivity (Wildman–Crippen MR) is 113 cm³/mol. The van der Waals surface area contributed by atoms with Crippen LogP contribution in [0, 0.1) is 0 Å². The molecule has 1 N–H and O–H groups in total. The first-order valence-corrected chi connectivity index (χ1v) is 10.4. The minimum Gasteiger partial charge on any atom is -0.326 e. The van der Waals surface area contributed by atoms with Crippen molar-refractivity contribution in [1.82, 2.24) is 9.38 Å². The lowest BCUT2D eigenvalue weighted by Gasteiger charge is -2.06. The number of nitrogens with zero attached hydrogens (tertiary/aromatic N) is 2. The number of rotatable bonds is 7. The van der Waals surface area contributed by atoms with Gasteiger partial charge in [-0.05, 0) is 56.5 Å². The van der Waals surface area contributed by atoms with Crippen LogP contribution in [-0.2, 0) is 4.79 Å². The van der Waals surface area contributed by atoms with Crippen molar-refractivity contribution < 1.29 is 4.79 Å². The normalized spacial score (nSPS) is 11.0. The fraction of sp³-hybridized carbons (Fsp3) is 0.300. The van der Waals surface area contributed by atoms with Crippen LogP contribution in [0.5, 0.6) is 0 Å². The highest BCUT2D eigenvalue weighted by Gasteiger charge is 2.09. The molecule has 0 aliphatic carbocycles. The van der Waals surface area contributed by atoms with E-state index in [1.807, 2.05) is 47.1 Å². The molecule has 2 aromatic heterocycles. The first kappa shape index (κ1) is 19.1. The van der Waals surface area contributed by atoms with Crippen molar-refractivity contribution in [3.05, 3.63) is 51.7 Å². The Bertz CT molecular complexity index is 921. The molecule has 136 valence electrons. The topological polar surface area (TPSA) is 46.4 Å². The van der Waals surface area contributed by atoms with Gasteiger partial charge in [-0.2, -0.15) is 0 Å². The van der Waals surface area contributed by atoms with E-state index >= 15 is 0 Å². The van der Waals surface area contributed by atoms with Gasteiger partial charge in [-0.25, -0.2) is 4.98 Å². The second-order valence-electron chi connectivity index (χ2n) is 6.30. The Labute approximate surface area is 170 Å². The fourth-order valence-electron chi connectivity index (χ4n) is 2.86. The average Bonchev–Trinajstić information content (AvgIpc) is 3.03. The Balaban J connectivity index is 1.75. The molecule has 4 nitrogen and oxygen atoms in total. The fourth-order valence-corrected chi connectivity index (χ4v) is 4.15. The molecule has 0 bridgehead atoms. The van der Waals surface area contributed by atoms with Gasteiger partial charge in [-0.3, -0.25) is 4.79 Å². The summed E-state index contributed by atoms with van der Waals surface area (Å²) in [5.41, 5.74) is 3.50. The van der Waals surface area contributed by atoms with E-state index in [2.05, 4.69) is 44.1 Å². The SMILES string of the molecule is CCCCCCC(=O)Nc1cccc(-c2cn3cc(Br)cc(Br)c3n2)c1. The summed E-state index contributed by atoms with van der Waals surface area (Å²) < 4.78 is 3.88. The number of carbonyl (C=O) groups excluding carboxylic acids is 1. The number of amides is 1. The molecular weight excluding hydrogens is 458 g/mol. The number of benzene rings is 1. The number of anilines is 1. The van der Waals surface area contributed by atoms with Crippen LogP contribution in [0.15, 0.2) is 51.7 Å². The van der Waals surface area contributed by atoms with E-state index in [0.29, 0.717) is 6.42 Å². The largest absolute Gasteiger partial charge is 0.326 e. The van der Waals surface area contributed by atoms with Crippen LogP contribution >= 0.6 is 31.9 Å². The molecule has 2 heterocycles. The third kappa shape index (κ3) is 4.74. The number of pyridine rings is 1. The van der Waals surface area contributed by atoms with Crippen LogP contribution in [0.25, 0.3) is 16.9 Å². The third-order valence-electron chi connectivity index (χ3n) is 4.17. The molecule has 0 unspecified atom stereocenters. The molecule has 0 fully saturated rings. The second kappa shape index (κ2) is 8.82. The lowest BCUT2D eigenvalue weighted by molar-refractivity contribution is -0.116. The number of unbranched alkanes of at least 4 members (excludes halogenated alkanes) is 3. The summed E-state index contributed by atoms with van der Waals surface area (Å²) in [4.78, 5) is 16.8. The highest BCUT2D eigenvalue weighted by atomic mass is 79.9. The second-order valence-corrected chi connectivity index (χ2v) is 8.07. The van der Waals surface area contributed by atoms with Crippen molar-refractivity contribution in [1.29, 1.82) is 0 Å². The highest BCUT2D eigenvalue weighted by Crippen LogP contribution is 2.27. The lowest BCUT2D eigenvalue weighted by atomic mass is 10.1. The van der Waals surface area contributed by atoms with E-state index in [-0.39, 0.29) is 5.91 Å². The lowest BCUT2D eigenvalue weighted by Crippen LogP contribution is -2.11. The minimum atomic E-state index is 0.0694. The van der Waals surface area contributed by atoms with Crippen molar-refractivity contribution in [3.63, 3.8) is 0 Å². The number of carbonyl (C=O) groups is 1. The van der Waals surface area contributed by atoms with E-state index in [4.69, 9.17) is 4.98 Å². The average molecular weight is 479 g/mol. The van der Waals surface area contributed by atoms with Gasteiger partial charge in [-0.1, -0.05) is 38.3 Å². The zero-order valence-corrected chi connectivity index (χ0v) is 17.8. The Hall–Kier alpha value is -1.66. The molecule has 1 amide bonds. The van der Waals surface area contributed by atoms with Gasteiger partial charge < -0.3 is 9.72 Å². The Morgan fingerprint density at radius 1 is 1.15 bits per heavy atom. The molecule has 1 aromatic carbocycles. The quantitative estimate of drug-likeness (QED) is 0.397. The number of imidazole rings is 1. The van der Waals surface area contributed by atoms with Crippen LogP contribution < -0.4 is 5.32 Å². The van der Waals surface area contributed by atoms with E-state index in [1.54, 1.807) is 0 Å². The molecule has 0 atom stereocenters. The number of hydrogen-bond acceptors (Lipinski definition) is 2. The predicted octanol–water partition coefficient (Wildman–Crippen LogP) is 6.44. The summed E-state index contributed by atoms with van der Waals surface area (Å²) in [7, 11) is 0. The molecule has 0 aliphatic heterocycles. The number of aromatic nitrogens is 2. The first-order chi connectivity index (χ1) is 12.6. The molecule has 6 heteroatoms. The zero-order valence-electron chi connectivity index (χ0n) is 14.6. The monoisotopic (exact) mass is 477 g/mol. The van der Waals surface area contributed by atoms with E-state index in [9.17, 15) is 4.79 Å². The molecule has 3 rings (SSSR count). The maximum atomic E-state index is 12.1. The van der Waals surface area contributed by atoms with Crippen LogP contribution in [0.1, 0.15) is 39.0 Å². The number of fused-ring (bicyclic) bond motifs is 1. The maximum absolute atomic E-state index is 12.1. The van der Waals surface area contributed by atoms with Crippen LogP contribution in [-0.4, -0.2) is 15.3 Å². The summed E-state index contributed by atoms with van der Waals surface area (Å²) in [5, 5.41) is 2.99. The molecule has 0 saturated carbocycles. The summed E-state index contributed by atoms with van der Waals surface area (Å²) in [6.07, 6.45) is 8.93. The standard InChI is InChI=1S/C20H21Br2N3O/c1-2-3-4-5-9-19(26)23-16-8-6-7-14(10-16)18-13-25-12-15(21)11-17(22)20(25)24-18/h6-8,10-13H,2-5,9H2,1H3,(H,23,26). The van der Waals surface area contributed by atoms with Crippen molar-refractivity contribution in [2.45, 2.75) is 39.0 Å². The molecular formula is C20H21Br2N3O. The van der Waals surface area contributed by atoms with Gasteiger partial charge in [0.05, 0.1) is 10.2 Å². The molecule has 0 radical (unpaired) electrons. The van der Waals surface area contributed by atoms with Crippen molar-refractivity contribution in [2.75, 3.05) is 5.32 Å². The smallest absolute Gasteiger partial charge is 0.224 e. The van der Waals surface area contributed by atoms with E-state index < -0.39 is 0 Å². The van der Waals surface area contributed by atoms with Gasteiger partial charge in [0.25, 0.3) is 0 Å². The van der Waals surface area contributed by atoms with Crippen LogP contribution in [0.2, 0.25) is 0 Å². The summed E-state index contributed by atoms with van der Waals surface area (Å²) in [6.45, 7) is 2.17. The van der Waals surface area contributed by atoms with Gasteiger partial charge in [0.15, 0.2) is 5.65 Å². The Morgan fingerprint density at radius 3 is 2.81 bits per heavy atom. The molecule has 26 heavy (non-hydrogen) atoms. The zero-order chi connectivity index (χ0) is 18.5. The molecule has 0 saturated heterocycles. The van der Waals surface area contributed by atoms with Gasteiger partial charge in [0.2, 0.25) is 5.91 Å². The van der Waals surface area contributed by atoms with Crippen molar-refractivity contribution >= 4 is 49.1 Å².